The van der Waals surface area contributed by atoms with E-state index >= 15 is 0 Å². The summed E-state index contributed by atoms with van der Waals surface area (Å²) in [5, 5.41) is 3.40. The van der Waals surface area contributed by atoms with Crippen molar-refractivity contribution in [3.63, 3.8) is 0 Å². The summed E-state index contributed by atoms with van der Waals surface area (Å²) in [6.45, 7) is 12.3. The largest absolute Gasteiger partial charge is 0.379 e. The smallest absolute Gasteiger partial charge is 0.0594 e. The van der Waals surface area contributed by atoms with Crippen molar-refractivity contribution in [2.24, 2.45) is 0 Å². The van der Waals surface area contributed by atoms with Crippen LogP contribution in [0, 0.1) is 0 Å². The van der Waals surface area contributed by atoms with Crippen LogP contribution in [0.25, 0.3) is 0 Å². The molecule has 2 fully saturated rings. The van der Waals surface area contributed by atoms with Gasteiger partial charge in [0.05, 0.1) is 13.2 Å². The molecule has 1 atom stereocenters. The summed E-state index contributed by atoms with van der Waals surface area (Å²) in [4.78, 5) is 5.11. The van der Waals surface area contributed by atoms with Crippen LogP contribution in [0.4, 0.5) is 0 Å². The fourth-order valence-electron chi connectivity index (χ4n) is 2.40. The fraction of sp³-hybridized carbons (Fsp3) is 1.00. The van der Waals surface area contributed by atoms with Gasteiger partial charge < -0.3 is 10.1 Å². The molecule has 2 rings (SSSR count). The summed E-state index contributed by atoms with van der Waals surface area (Å²) in [6.07, 6.45) is 0. The van der Waals surface area contributed by atoms with Gasteiger partial charge >= 0.3 is 0 Å². The summed E-state index contributed by atoms with van der Waals surface area (Å²) in [5.41, 5.74) is 0. The molecule has 15 heavy (non-hydrogen) atoms. The molecule has 2 saturated heterocycles. The van der Waals surface area contributed by atoms with E-state index in [1.807, 2.05) is 0 Å². The van der Waals surface area contributed by atoms with E-state index in [1.54, 1.807) is 0 Å². The van der Waals surface area contributed by atoms with Gasteiger partial charge in [-0.25, -0.2) is 0 Å². The summed E-state index contributed by atoms with van der Waals surface area (Å²) in [5.74, 6) is 0. The van der Waals surface area contributed by atoms with E-state index in [2.05, 4.69) is 22.0 Å². The predicted octanol–water partition coefficient (Wildman–Crippen LogP) is -0.388. The second-order valence-corrected chi connectivity index (χ2v) is 4.55. The number of hydrogen-bond acceptors (Lipinski definition) is 4. The van der Waals surface area contributed by atoms with Gasteiger partial charge in [0.15, 0.2) is 0 Å². The molecular formula is C11H23N3O. The lowest BCUT2D eigenvalue weighted by molar-refractivity contribution is 0.0233. The van der Waals surface area contributed by atoms with E-state index in [0.717, 1.165) is 39.4 Å². The third kappa shape index (κ3) is 3.41. The molecule has 0 unspecified atom stereocenters. The van der Waals surface area contributed by atoms with Gasteiger partial charge in [-0.1, -0.05) is 0 Å². The van der Waals surface area contributed by atoms with Crippen molar-refractivity contribution in [3.05, 3.63) is 0 Å². The molecule has 2 heterocycles. The van der Waals surface area contributed by atoms with Crippen LogP contribution < -0.4 is 5.32 Å². The second-order valence-electron chi connectivity index (χ2n) is 4.55. The van der Waals surface area contributed by atoms with E-state index in [1.165, 1.54) is 19.6 Å². The molecule has 0 aromatic carbocycles. The van der Waals surface area contributed by atoms with Crippen LogP contribution in [-0.4, -0.2) is 74.9 Å². The van der Waals surface area contributed by atoms with E-state index in [0.29, 0.717) is 6.04 Å². The minimum Gasteiger partial charge on any atom is -0.379 e. The molecule has 88 valence electrons. The van der Waals surface area contributed by atoms with Crippen molar-refractivity contribution in [2.45, 2.75) is 13.0 Å². The number of nitrogens with one attached hydrogen (secondary N) is 1. The number of hydrogen-bond donors (Lipinski definition) is 1. The Morgan fingerprint density at radius 3 is 2.47 bits per heavy atom. The Hall–Kier alpha value is -0.160. The summed E-state index contributed by atoms with van der Waals surface area (Å²) >= 11 is 0. The highest BCUT2D eigenvalue weighted by atomic mass is 16.5. The standard InChI is InChI=1S/C11H23N3O/c1-11(14-4-2-12-3-5-14)10-13-6-8-15-9-7-13/h11-12H,2-10H2,1H3/t11-/m1/s1. The molecule has 0 amide bonds. The number of morpholine rings is 1. The van der Waals surface area contributed by atoms with Crippen molar-refractivity contribution in [2.75, 3.05) is 59.0 Å². The van der Waals surface area contributed by atoms with Crippen LogP contribution in [0.5, 0.6) is 0 Å². The molecule has 4 heteroatoms. The summed E-state index contributed by atoms with van der Waals surface area (Å²) in [7, 11) is 0. The Labute approximate surface area is 92.6 Å². The molecule has 2 aliphatic heterocycles. The maximum Gasteiger partial charge on any atom is 0.0594 e. The summed E-state index contributed by atoms with van der Waals surface area (Å²) in [6, 6.07) is 0.685. The third-order valence-electron chi connectivity index (χ3n) is 3.40. The van der Waals surface area contributed by atoms with Crippen LogP contribution in [0.15, 0.2) is 0 Å². The van der Waals surface area contributed by atoms with Gasteiger partial charge in [-0.2, -0.15) is 0 Å². The quantitative estimate of drug-likeness (QED) is 0.691. The Bertz CT molecular complexity index is 177. The minimum atomic E-state index is 0.685. The van der Waals surface area contributed by atoms with Crippen LogP contribution in [-0.2, 0) is 4.74 Å². The average Bonchev–Trinajstić information content (AvgIpc) is 2.31. The van der Waals surface area contributed by atoms with Gasteiger partial charge in [-0.3, -0.25) is 9.80 Å². The fourth-order valence-corrected chi connectivity index (χ4v) is 2.40. The molecule has 0 aromatic rings. The lowest BCUT2D eigenvalue weighted by Crippen LogP contribution is -2.52. The van der Waals surface area contributed by atoms with Gasteiger partial charge in [0.1, 0.15) is 0 Å². The zero-order valence-electron chi connectivity index (χ0n) is 9.74. The van der Waals surface area contributed by atoms with E-state index in [-0.39, 0.29) is 0 Å². The number of piperazine rings is 1. The van der Waals surface area contributed by atoms with Crippen molar-refractivity contribution in [1.82, 2.24) is 15.1 Å². The first-order chi connectivity index (χ1) is 7.36. The highest BCUT2D eigenvalue weighted by Crippen LogP contribution is 2.05. The van der Waals surface area contributed by atoms with Gasteiger partial charge in [0.2, 0.25) is 0 Å². The monoisotopic (exact) mass is 213 g/mol. The highest BCUT2D eigenvalue weighted by Gasteiger charge is 2.19. The van der Waals surface area contributed by atoms with Crippen molar-refractivity contribution >= 4 is 0 Å². The minimum absolute atomic E-state index is 0.685. The molecule has 1 N–H and O–H groups in total. The Kier molecular flexibility index (Phi) is 4.38. The molecule has 0 radical (unpaired) electrons. The van der Waals surface area contributed by atoms with E-state index in [9.17, 15) is 0 Å². The first kappa shape index (κ1) is 11.3. The lowest BCUT2D eigenvalue weighted by atomic mass is 10.2. The average molecular weight is 213 g/mol. The van der Waals surface area contributed by atoms with Crippen LogP contribution in [0.1, 0.15) is 6.92 Å². The second kappa shape index (κ2) is 5.80. The Morgan fingerprint density at radius 2 is 1.80 bits per heavy atom. The van der Waals surface area contributed by atoms with E-state index < -0.39 is 0 Å². The number of nitrogens with zero attached hydrogens (tertiary/aromatic N) is 2. The Balaban J connectivity index is 1.72. The van der Waals surface area contributed by atoms with Crippen molar-refractivity contribution in [3.8, 4) is 0 Å². The predicted molar refractivity (Wildman–Crippen MR) is 61.2 cm³/mol. The normalized spacial score (nSPS) is 27.8. The SMILES string of the molecule is C[C@H](CN1CCOCC1)N1CCNCC1. The van der Waals surface area contributed by atoms with Gasteiger partial charge in [-0.15, -0.1) is 0 Å². The van der Waals surface area contributed by atoms with Crippen LogP contribution in [0.3, 0.4) is 0 Å². The molecule has 2 aliphatic rings. The first-order valence-corrected chi connectivity index (χ1v) is 6.11. The number of ether oxygens (including phenoxy) is 1. The molecule has 0 aromatic heterocycles. The molecule has 0 bridgehead atoms. The Morgan fingerprint density at radius 1 is 1.13 bits per heavy atom. The van der Waals surface area contributed by atoms with Crippen LogP contribution >= 0.6 is 0 Å². The van der Waals surface area contributed by atoms with E-state index in [4.69, 9.17) is 4.74 Å². The maximum atomic E-state index is 5.36. The van der Waals surface area contributed by atoms with Crippen molar-refractivity contribution < 1.29 is 4.74 Å². The van der Waals surface area contributed by atoms with Gasteiger partial charge in [0, 0.05) is 51.9 Å². The first-order valence-electron chi connectivity index (χ1n) is 6.11. The van der Waals surface area contributed by atoms with Crippen molar-refractivity contribution in [1.29, 1.82) is 0 Å². The third-order valence-corrected chi connectivity index (χ3v) is 3.40. The molecule has 0 saturated carbocycles. The lowest BCUT2D eigenvalue weighted by Gasteiger charge is -2.37. The van der Waals surface area contributed by atoms with Gasteiger partial charge in [0.25, 0.3) is 0 Å². The summed E-state index contributed by atoms with van der Waals surface area (Å²) < 4.78 is 5.36. The maximum absolute atomic E-state index is 5.36. The molecule has 0 spiro atoms. The van der Waals surface area contributed by atoms with Crippen LogP contribution in [0.2, 0.25) is 0 Å². The zero-order valence-corrected chi connectivity index (χ0v) is 9.74. The topological polar surface area (TPSA) is 27.7 Å². The molecule has 0 aliphatic carbocycles. The number of rotatable bonds is 3. The molecular weight excluding hydrogens is 190 g/mol. The zero-order chi connectivity index (χ0) is 10.5. The van der Waals surface area contributed by atoms with Gasteiger partial charge in [-0.05, 0) is 6.92 Å². The molecule has 4 nitrogen and oxygen atoms in total. The highest BCUT2D eigenvalue weighted by molar-refractivity contribution is 4.77.